The number of carbonyl (C=O) groups is 1. The molecule has 0 aromatic heterocycles. The van der Waals surface area contributed by atoms with Crippen molar-refractivity contribution >= 4 is 5.91 Å². The van der Waals surface area contributed by atoms with Crippen LogP contribution in [0.3, 0.4) is 0 Å². The van der Waals surface area contributed by atoms with Gasteiger partial charge in [0.1, 0.15) is 0 Å². The molecule has 0 saturated carbocycles. The van der Waals surface area contributed by atoms with Crippen LogP contribution in [0.5, 0.6) is 0 Å². The van der Waals surface area contributed by atoms with Gasteiger partial charge in [0, 0.05) is 20.1 Å². The molecule has 0 aromatic rings. The zero-order valence-corrected chi connectivity index (χ0v) is 9.98. The van der Waals surface area contributed by atoms with E-state index >= 15 is 0 Å². The van der Waals surface area contributed by atoms with Crippen molar-refractivity contribution in [3.8, 4) is 0 Å². The largest absolute Gasteiger partial charge is 0.358 e. The van der Waals surface area contributed by atoms with Gasteiger partial charge in [-0.15, -0.1) is 0 Å². The van der Waals surface area contributed by atoms with Crippen LogP contribution in [-0.4, -0.2) is 51.6 Å². The summed E-state index contributed by atoms with van der Waals surface area (Å²) in [4.78, 5) is 13.1. The summed E-state index contributed by atoms with van der Waals surface area (Å²) in [6, 6.07) is 0. The monoisotopic (exact) mass is 201 g/mol. The standard InChI is InChI=1S/C10H23N3O/c1-10(2,8-13(4)5)7-12-6-9(14)11-3/h12H,6-8H2,1-5H3,(H,11,14). The maximum atomic E-state index is 10.9. The molecule has 14 heavy (non-hydrogen) atoms. The van der Waals surface area contributed by atoms with E-state index in [4.69, 9.17) is 0 Å². The summed E-state index contributed by atoms with van der Waals surface area (Å²) in [5.41, 5.74) is 0.192. The van der Waals surface area contributed by atoms with E-state index in [0.717, 1.165) is 13.1 Å². The van der Waals surface area contributed by atoms with Gasteiger partial charge >= 0.3 is 0 Å². The van der Waals surface area contributed by atoms with E-state index in [2.05, 4.69) is 43.5 Å². The molecule has 0 radical (unpaired) electrons. The second kappa shape index (κ2) is 5.98. The van der Waals surface area contributed by atoms with Crippen molar-refractivity contribution in [3.63, 3.8) is 0 Å². The molecule has 0 rings (SSSR count). The van der Waals surface area contributed by atoms with Crippen LogP contribution in [0.1, 0.15) is 13.8 Å². The quantitative estimate of drug-likeness (QED) is 0.631. The molecule has 4 nitrogen and oxygen atoms in total. The lowest BCUT2D eigenvalue weighted by Gasteiger charge is -2.28. The van der Waals surface area contributed by atoms with Gasteiger partial charge in [-0.3, -0.25) is 4.79 Å². The van der Waals surface area contributed by atoms with Crippen LogP contribution in [0, 0.1) is 5.41 Å². The molecule has 2 N–H and O–H groups in total. The van der Waals surface area contributed by atoms with Crippen molar-refractivity contribution in [3.05, 3.63) is 0 Å². The third-order valence-electron chi connectivity index (χ3n) is 1.91. The fourth-order valence-electron chi connectivity index (χ4n) is 1.51. The molecule has 0 heterocycles. The van der Waals surface area contributed by atoms with Crippen molar-refractivity contribution in [1.29, 1.82) is 0 Å². The lowest BCUT2D eigenvalue weighted by atomic mass is 9.93. The molecule has 0 fully saturated rings. The summed E-state index contributed by atoms with van der Waals surface area (Å²) in [7, 11) is 5.76. The predicted molar refractivity (Wildman–Crippen MR) is 59.3 cm³/mol. The first-order valence-electron chi connectivity index (χ1n) is 4.93. The van der Waals surface area contributed by atoms with Crippen LogP contribution < -0.4 is 10.6 Å². The summed E-state index contributed by atoms with van der Waals surface area (Å²) in [5.74, 6) is 0.0330. The Kier molecular flexibility index (Phi) is 5.72. The zero-order valence-electron chi connectivity index (χ0n) is 9.98. The molecule has 84 valence electrons. The Balaban J connectivity index is 3.70. The van der Waals surface area contributed by atoms with Gasteiger partial charge in [0.2, 0.25) is 5.91 Å². The Hall–Kier alpha value is -0.610. The van der Waals surface area contributed by atoms with Gasteiger partial charge in [-0.05, 0) is 19.5 Å². The van der Waals surface area contributed by atoms with E-state index in [-0.39, 0.29) is 11.3 Å². The normalized spacial score (nSPS) is 11.9. The molecule has 0 unspecified atom stereocenters. The molecule has 0 aliphatic carbocycles. The number of hydrogen-bond donors (Lipinski definition) is 2. The topological polar surface area (TPSA) is 44.4 Å². The van der Waals surface area contributed by atoms with Gasteiger partial charge in [0.05, 0.1) is 6.54 Å². The smallest absolute Gasteiger partial charge is 0.233 e. The molecule has 0 atom stereocenters. The minimum Gasteiger partial charge on any atom is -0.358 e. The van der Waals surface area contributed by atoms with Crippen molar-refractivity contribution in [2.24, 2.45) is 5.41 Å². The fourth-order valence-corrected chi connectivity index (χ4v) is 1.51. The van der Waals surface area contributed by atoms with E-state index in [1.165, 1.54) is 0 Å². The highest BCUT2D eigenvalue weighted by atomic mass is 16.1. The summed E-state index contributed by atoms with van der Waals surface area (Å²) in [5, 5.41) is 5.72. The summed E-state index contributed by atoms with van der Waals surface area (Å²) in [6.07, 6.45) is 0. The first-order valence-corrected chi connectivity index (χ1v) is 4.93. The molecule has 0 saturated heterocycles. The lowest BCUT2D eigenvalue weighted by Crippen LogP contribution is -2.41. The number of hydrogen-bond acceptors (Lipinski definition) is 3. The Morgan fingerprint density at radius 3 is 2.36 bits per heavy atom. The molecule has 4 heteroatoms. The van der Waals surface area contributed by atoms with E-state index in [9.17, 15) is 4.79 Å². The van der Waals surface area contributed by atoms with Crippen LogP contribution in [0.4, 0.5) is 0 Å². The molecule has 1 amide bonds. The third kappa shape index (κ3) is 6.86. The van der Waals surface area contributed by atoms with Crippen LogP contribution in [0.2, 0.25) is 0 Å². The molecule has 0 bridgehead atoms. The van der Waals surface area contributed by atoms with E-state index in [1.54, 1.807) is 7.05 Å². The third-order valence-corrected chi connectivity index (χ3v) is 1.91. The predicted octanol–water partition coefficient (Wildman–Crippen LogP) is -0.0902. The first-order chi connectivity index (χ1) is 6.37. The van der Waals surface area contributed by atoms with E-state index in [1.807, 2.05) is 0 Å². The number of rotatable bonds is 6. The van der Waals surface area contributed by atoms with Gasteiger partial charge in [0.25, 0.3) is 0 Å². The lowest BCUT2D eigenvalue weighted by molar-refractivity contribution is -0.119. The fraction of sp³-hybridized carbons (Fsp3) is 0.900. The van der Waals surface area contributed by atoms with Crippen LogP contribution in [0.25, 0.3) is 0 Å². The molecule has 0 aromatic carbocycles. The number of carbonyl (C=O) groups excluding carboxylic acids is 1. The highest BCUT2D eigenvalue weighted by Gasteiger charge is 2.18. The van der Waals surface area contributed by atoms with Crippen molar-refractivity contribution in [2.45, 2.75) is 13.8 Å². The summed E-state index contributed by atoms with van der Waals surface area (Å²) < 4.78 is 0. The van der Waals surface area contributed by atoms with Gasteiger partial charge in [-0.2, -0.15) is 0 Å². The van der Waals surface area contributed by atoms with Crippen molar-refractivity contribution in [2.75, 3.05) is 40.8 Å². The Bertz CT molecular complexity index is 178. The number of likely N-dealkylation sites (N-methyl/N-ethyl adjacent to an activating group) is 1. The van der Waals surface area contributed by atoms with Crippen LogP contribution >= 0.6 is 0 Å². The van der Waals surface area contributed by atoms with E-state index in [0.29, 0.717) is 6.54 Å². The average molecular weight is 201 g/mol. The van der Waals surface area contributed by atoms with Crippen molar-refractivity contribution in [1.82, 2.24) is 15.5 Å². The Morgan fingerprint density at radius 1 is 1.36 bits per heavy atom. The number of nitrogens with zero attached hydrogens (tertiary/aromatic N) is 1. The van der Waals surface area contributed by atoms with Gasteiger partial charge < -0.3 is 15.5 Å². The number of nitrogens with one attached hydrogen (secondary N) is 2. The van der Waals surface area contributed by atoms with Crippen LogP contribution in [0.15, 0.2) is 0 Å². The SMILES string of the molecule is CNC(=O)CNCC(C)(C)CN(C)C. The zero-order chi connectivity index (χ0) is 11.2. The summed E-state index contributed by atoms with van der Waals surface area (Å²) >= 11 is 0. The van der Waals surface area contributed by atoms with E-state index < -0.39 is 0 Å². The molecular formula is C10H23N3O. The first kappa shape index (κ1) is 13.4. The molecule has 0 aliphatic heterocycles. The van der Waals surface area contributed by atoms with Crippen LogP contribution in [-0.2, 0) is 4.79 Å². The number of amides is 1. The molecule has 0 aliphatic rings. The maximum Gasteiger partial charge on any atom is 0.233 e. The Morgan fingerprint density at radius 2 is 1.93 bits per heavy atom. The average Bonchev–Trinajstić information content (AvgIpc) is 2.01. The molecule has 0 spiro atoms. The maximum absolute atomic E-state index is 10.9. The van der Waals surface area contributed by atoms with Gasteiger partial charge in [-0.25, -0.2) is 0 Å². The minimum atomic E-state index is 0.0330. The highest BCUT2D eigenvalue weighted by Crippen LogP contribution is 2.13. The van der Waals surface area contributed by atoms with Gasteiger partial charge in [-0.1, -0.05) is 13.8 Å². The van der Waals surface area contributed by atoms with Gasteiger partial charge in [0.15, 0.2) is 0 Å². The van der Waals surface area contributed by atoms with Crippen molar-refractivity contribution < 1.29 is 4.79 Å². The Labute approximate surface area is 87.0 Å². The summed E-state index contributed by atoms with van der Waals surface area (Å²) in [6.45, 7) is 6.62. The minimum absolute atomic E-state index is 0.0330. The highest BCUT2D eigenvalue weighted by molar-refractivity contribution is 5.77. The molecular weight excluding hydrogens is 178 g/mol. The second-order valence-electron chi connectivity index (χ2n) is 4.68. The second-order valence-corrected chi connectivity index (χ2v) is 4.68.